The van der Waals surface area contributed by atoms with Gasteiger partial charge in [0.05, 0.1) is 17.0 Å². The Morgan fingerprint density at radius 2 is 2.05 bits per heavy atom. The number of hydrogen-bond acceptors (Lipinski definition) is 4. The molecule has 0 aromatic heterocycles. The van der Waals surface area contributed by atoms with E-state index >= 15 is 0 Å². The smallest absolute Gasteiger partial charge is 0.309 e. The third-order valence-corrected chi connectivity index (χ3v) is 4.36. The van der Waals surface area contributed by atoms with Crippen molar-refractivity contribution in [3.8, 4) is 5.75 Å². The van der Waals surface area contributed by atoms with Gasteiger partial charge in [0.2, 0.25) is 0 Å². The molecule has 0 radical (unpaired) electrons. The van der Waals surface area contributed by atoms with E-state index in [1.165, 1.54) is 0 Å². The zero-order valence-corrected chi connectivity index (χ0v) is 14.0. The van der Waals surface area contributed by atoms with Crippen molar-refractivity contribution in [2.24, 2.45) is 5.92 Å². The Kier molecular flexibility index (Phi) is 6.51. The van der Waals surface area contributed by atoms with Gasteiger partial charge in [-0.25, -0.2) is 0 Å². The molecule has 4 nitrogen and oxygen atoms in total. The van der Waals surface area contributed by atoms with Gasteiger partial charge in [-0.1, -0.05) is 12.1 Å². The zero-order chi connectivity index (χ0) is 15.1. The van der Waals surface area contributed by atoms with Crippen LogP contribution in [0.2, 0.25) is 0 Å². The molecule has 1 aromatic rings. The number of carbonyl (C=O) groups is 1. The topological polar surface area (TPSA) is 38.8 Å². The van der Waals surface area contributed by atoms with Gasteiger partial charge in [0.15, 0.2) is 0 Å². The van der Waals surface area contributed by atoms with Crippen molar-refractivity contribution in [2.45, 2.75) is 19.8 Å². The van der Waals surface area contributed by atoms with Crippen LogP contribution in [0.5, 0.6) is 5.75 Å². The average molecular weight is 356 g/mol. The van der Waals surface area contributed by atoms with Crippen molar-refractivity contribution >= 4 is 21.9 Å². The highest BCUT2D eigenvalue weighted by molar-refractivity contribution is 9.10. The predicted octanol–water partition coefficient (Wildman–Crippen LogP) is 3.10. The van der Waals surface area contributed by atoms with E-state index in [1.54, 1.807) is 0 Å². The van der Waals surface area contributed by atoms with E-state index in [-0.39, 0.29) is 11.9 Å². The minimum Gasteiger partial charge on any atom is -0.491 e. The van der Waals surface area contributed by atoms with Gasteiger partial charge in [0.1, 0.15) is 12.4 Å². The Hall–Kier alpha value is -1.07. The van der Waals surface area contributed by atoms with Gasteiger partial charge in [-0.3, -0.25) is 9.69 Å². The van der Waals surface area contributed by atoms with Gasteiger partial charge in [0, 0.05) is 6.54 Å². The molecule has 1 aliphatic rings. The van der Waals surface area contributed by atoms with E-state index < -0.39 is 0 Å². The number of esters is 1. The maximum absolute atomic E-state index is 11.7. The standard InChI is InChI=1S/C16H22BrNO3/c1-2-20-16(19)13-7-9-18(10-8-13)11-12-21-15-6-4-3-5-14(15)17/h3-6,13H,2,7-12H2,1H3. The van der Waals surface area contributed by atoms with Crippen molar-refractivity contribution in [3.05, 3.63) is 28.7 Å². The Bertz CT molecular complexity index is 459. The summed E-state index contributed by atoms with van der Waals surface area (Å²) in [6.45, 7) is 5.74. The molecule has 0 bridgehead atoms. The number of ether oxygens (including phenoxy) is 2. The van der Waals surface area contributed by atoms with Crippen molar-refractivity contribution in [3.63, 3.8) is 0 Å². The third-order valence-electron chi connectivity index (χ3n) is 3.71. The molecule has 0 spiro atoms. The molecule has 1 saturated heterocycles. The summed E-state index contributed by atoms with van der Waals surface area (Å²) in [5.74, 6) is 0.908. The summed E-state index contributed by atoms with van der Waals surface area (Å²) in [7, 11) is 0. The number of halogens is 1. The Balaban J connectivity index is 1.67. The second-order valence-electron chi connectivity index (χ2n) is 5.15. The fourth-order valence-corrected chi connectivity index (χ4v) is 2.90. The zero-order valence-electron chi connectivity index (χ0n) is 12.4. The predicted molar refractivity (Wildman–Crippen MR) is 85.4 cm³/mol. The second-order valence-corrected chi connectivity index (χ2v) is 6.00. The quantitative estimate of drug-likeness (QED) is 0.735. The minimum absolute atomic E-state index is 0.0402. The number of likely N-dealkylation sites (tertiary alicyclic amines) is 1. The summed E-state index contributed by atoms with van der Waals surface area (Å²) < 4.78 is 11.8. The molecule has 5 heteroatoms. The summed E-state index contributed by atoms with van der Waals surface area (Å²) in [4.78, 5) is 14.0. The van der Waals surface area contributed by atoms with Gasteiger partial charge in [-0.05, 0) is 60.9 Å². The van der Waals surface area contributed by atoms with Crippen molar-refractivity contribution < 1.29 is 14.3 Å². The van der Waals surface area contributed by atoms with Crippen LogP contribution in [0.25, 0.3) is 0 Å². The molecule has 0 unspecified atom stereocenters. The molecule has 2 rings (SSSR count). The first-order valence-corrected chi connectivity index (χ1v) is 8.26. The van der Waals surface area contributed by atoms with Crippen LogP contribution >= 0.6 is 15.9 Å². The van der Waals surface area contributed by atoms with Crippen LogP contribution in [0.4, 0.5) is 0 Å². The first-order chi connectivity index (χ1) is 10.2. The number of rotatable bonds is 6. The lowest BCUT2D eigenvalue weighted by Crippen LogP contribution is -2.39. The molecule has 116 valence electrons. The summed E-state index contributed by atoms with van der Waals surface area (Å²) >= 11 is 3.47. The minimum atomic E-state index is -0.0402. The van der Waals surface area contributed by atoms with Gasteiger partial charge >= 0.3 is 5.97 Å². The van der Waals surface area contributed by atoms with Crippen molar-refractivity contribution in [2.75, 3.05) is 32.8 Å². The van der Waals surface area contributed by atoms with E-state index in [2.05, 4.69) is 20.8 Å². The van der Waals surface area contributed by atoms with E-state index in [0.29, 0.717) is 13.2 Å². The Morgan fingerprint density at radius 1 is 1.33 bits per heavy atom. The van der Waals surface area contributed by atoms with E-state index in [4.69, 9.17) is 9.47 Å². The van der Waals surface area contributed by atoms with Crippen LogP contribution in [-0.4, -0.2) is 43.7 Å². The highest BCUT2D eigenvalue weighted by Gasteiger charge is 2.25. The van der Waals surface area contributed by atoms with Crippen molar-refractivity contribution in [1.82, 2.24) is 4.90 Å². The normalized spacial score (nSPS) is 16.7. The molecule has 21 heavy (non-hydrogen) atoms. The van der Waals surface area contributed by atoms with Crippen molar-refractivity contribution in [1.29, 1.82) is 0 Å². The van der Waals surface area contributed by atoms with Crippen LogP contribution in [-0.2, 0) is 9.53 Å². The largest absolute Gasteiger partial charge is 0.491 e. The van der Waals surface area contributed by atoms with Crippen LogP contribution in [0.1, 0.15) is 19.8 Å². The lowest BCUT2D eigenvalue weighted by Gasteiger charge is -2.30. The number of piperidine rings is 1. The molecule has 0 aliphatic carbocycles. The summed E-state index contributed by atoms with van der Waals surface area (Å²) in [6, 6.07) is 7.86. The molecule has 1 aliphatic heterocycles. The Labute approximate surface area is 134 Å². The van der Waals surface area contributed by atoms with Crippen LogP contribution in [0, 0.1) is 5.92 Å². The fourth-order valence-electron chi connectivity index (χ4n) is 2.50. The van der Waals surface area contributed by atoms with E-state index in [0.717, 1.165) is 42.7 Å². The summed E-state index contributed by atoms with van der Waals surface area (Å²) in [5.41, 5.74) is 0. The maximum Gasteiger partial charge on any atom is 0.309 e. The van der Waals surface area contributed by atoms with Gasteiger partial charge in [0.25, 0.3) is 0 Å². The first-order valence-electron chi connectivity index (χ1n) is 7.47. The highest BCUT2D eigenvalue weighted by Crippen LogP contribution is 2.24. The molecule has 0 N–H and O–H groups in total. The van der Waals surface area contributed by atoms with Crippen LogP contribution in [0.15, 0.2) is 28.7 Å². The average Bonchev–Trinajstić information content (AvgIpc) is 2.50. The molecule has 0 atom stereocenters. The van der Waals surface area contributed by atoms with Gasteiger partial charge in [-0.15, -0.1) is 0 Å². The van der Waals surface area contributed by atoms with E-state index in [9.17, 15) is 4.79 Å². The number of carbonyl (C=O) groups excluding carboxylic acids is 1. The molecule has 1 heterocycles. The lowest BCUT2D eigenvalue weighted by atomic mass is 9.97. The third kappa shape index (κ3) is 5.00. The van der Waals surface area contributed by atoms with Crippen LogP contribution in [0.3, 0.4) is 0 Å². The molecule has 0 amide bonds. The summed E-state index contributed by atoms with van der Waals surface area (Å²) in [6.07, 6.45) is 1.77. The number of nitrogens with zero attached hydrogens (tertiary/aromatic N) is 1. The molecule has 0 saturated carbocycles. The Morgan fingerprint density at radius 3 is 2.71 bits per heavy atom. The number of hydrogen-bond donors (Lipinski definition) is 0. The lowest BCUT2D eigenvalue weighted by molar-refractivity contribution is -0.149. The van der Waals surface area contributed by atoms with Gasteiger partial charge in [-0.2, -0.15) is 0 Å². The monoisotopic (exact) mass is 355 g/mol. The molecule has 1 aromatic carbocycles. The SMILES string of the molecule is CCOC(=O)C1CCN(CCOc2ccccc2Br)CC1. The van der Waals surface area contributed by atoms with Gasteiger partial charge < -0.3 is 9.47 Å². The van der Waals surface area contributed by atoms with E-state index in [1.807, 2.05) is 31.2 Å². The molecular weight excluding hydrogens is 334 g/mol. The molecule has 1 fully saturated rings. The molecular formula is C16H22BrNO3. The second kappa shape index (κ2) is 8.39. The number of para-hydroxylation sites is 1. The number of benzene rings is 1. The highest BCUT2D eigenvalue weighted by atomic mass is 79.9. The maximum atomic E-state index is 11.7. The van der Waals surface area contributed by atoms with Crippen LogP contribution < -0.4 is 4.74 Å². The summed E-state index contributed by atoms with van der Waals surface area (Å²) in [5, 5.41) is 0. The fraction of sp³-hybridized carbons (Fsp3) is 0.562. The first kappa shape index (κ1) is 16.3.